The third-order valence-electron chi connectivity index (χ3n) is 3.97. The van der Waals surface area contributed by atoms with Gasteiger partial charge in [-0.3, -0.25) is 4.79 Å². The predicted octanol–water partition coefficient (Wildman–Crippen LogP) is 2.57. The number of amides is 1. The number of thioether (sulfide) groups is 1. The molecule has 104 valence electrons. The van der Waals surface area contributed by atoms with Gasteiger partial charge in [0, 0.05) is 16.5 Å². The van der Waals surface area contributed by atoms with Gasteiger partial charge in [0.25, 0.3) is 5.91 Å². The third kappa shape index (κ3) is 3.31. The number of rotatable bonds is 4. The van der Waals surface area contributed by atoms with E-state index in [2.05, 4.69) is 11.4 Å². The zero-order valence-electron chi connectivity index (χ0n) is 11.6. The van der Waals surface area contributed by atoms with Crippen molar-refractivity contribution in [3.63, 3.8) is 0 Å². The van der Waals surface area contributed by atoms with Gasteiger partial charge in [0.15, 0.2) is 0 Å². The average molecular weight is 278 g/mol. The Morgan fingerprint density at radius 1 is 1.47 bits per heavy atom. The van der Waals surface area contributed by atoms with E-state index in [1.54, 1.807) is 11.8 Å². The molecule has 0 spiro atoms. The average Bonchev–Trinajstić information content (AvgIpc) is 2.86. The summed E-state index contributed by atoms with van der Waals surface area (Å²) >= 11 is 1.66. The number of hydrogen-bond acceptors (Lipinski definition) is 3. The number of carbonyl (C=O) groups excluding carboxylic acids is 1. The smallest absolute Gasteiger partial charge is 0.251 e. The second kappa shape index (κ2) is 6.44. The molecule has 2 atom stereocenters. The summed E-state index contributed by atoms with van der Waals surface area (Å²) in [5.74, 6) is 0.478. The number of benzene rings is 1. The summed E-state index contributed by atoms with van der Waals surface area (Å²) in [6, 6.07) is 6.28. The fourth-order valence-corrected chi connectivity index (χ4v) is 3.17. The fraction of sp³-hybridized carbons (Fsp3) is 0.533. The van der Waals surface area contributed by atoms with E-state index in [0.717, 1.165) is 35.3 Å². The molecule has 1 saturated carbocycles. The predicted molar refractivity (Wildman–Crippen MR) is 80.6 cm³/mol. The van der Waals surface area contributed by atoms with Crippen LogP contribution in [0.1, 0.15) is 35.2 Å². The molecule has 1 fully saturated rings. The second-order valence-electron chi connectivity index (χ2n) is 5.19. The van der Waals surface area contributed by atoms with E-state index in [-0.39, 0.29) is 11.9 Å². The number of aryl methyl sites for hydroxylation is 1. The Hall–Kier alpha value is -1.00. The maximum absolute atomic E-state index is 12.4. The maximum Gasteiger partial charge on any atom is 0.251 e. The zero-order chi connectivity index (χ0) is 13.8. The molecule has 1 aromatic rings. The highest BCUT2D eigenvalue weighted by molar-refractivity contribution is 7.98. The van der Waals surface area contributed by atoms with Crippen molar-refractivity contribution in [2.24, 2.45) is 11.7 Å². The van der Waals surface area contributed by atoms with Crippen molar-refractivity contribution in [3.8, 4) is 0 Å². The number of carbonyl (C=O) groups is 1. The first kappa shape index (κ1) is 14.4. The Labute approximate surface area is 119 Å². The zero-order valence-corrected chi connectivity index (χ0v) is 12.4. The molecule has 0 bridgehead atoms. The van der Waals surface area contributed by atoms with Gasteiger partial charge in [-0.2, -0.15) is 0 Å². The lowest BCUT2D eigenvalue weighted by Crippen LogP contribution is -2.40. The highest BCUT2D eigenvalue weighted by atomic mass is 32.2. The van der Waals surface area contributed by atoms with E-state index in [4.69, 9.17) is 5.73 Å². The first-order valence-corrected chi connectivity index (χ1v) is 8.03. The van der Waals surface area contributed by atoms with Crippen LogP contribution >= 0.6 is 11.8 Å². The van der Waals surface area contributed by atoms with Gasteiger partial charge in [0.1, 0.15) is 0 Å². The standard InChI is InChI=1S/C15H22N2OS/c1-10-6-7-12(19-2)8-13(10)15(18)17-14-5-3-4-11(14)9-16/h6-8,11,14H,3-5,9,16H2,1-2H3,(H,17,18). The van der Waals surface area contributed by atoms with Crippen molar-refractivity contribution in [2.45, 2.75) is 37.1 Å². The molecule has 1 aliphatic rings. The van der Waals surface area contributed by atoms with Crippen molar-refractivity contribution in [1.29, 1.82) is 0 Å². The van der Waals surface area contributed by atoms with Crippen LogP contribution in [0.3, 0.4) is 0 Å². The molecule has 0 radical (unpaired) electrons. The lowest BCUT2D eigenvalue weighted by atomic mass is 10.0. The first-order chi connectivity index (χ1) is 9.15. The molecule has 1 amide bonds. The Morgan fingerprint density at radius 3 is 2.95 bits per heavy atom. The van der Waals surface area contributed by atoms with Crippen molar-refractivity contribution < 1.29 is 4.79 Å². The highest BCUT2D eigenvalue weighted by Gasteiger charge is 2.27. The second-order valence-corrected chi connectivity index (χ2v) is 6.07. The van der Waals surface area contributed by atoms with Gasteiger partial charge in [-0.05, 0) is 56.2 Å². The van der Waals surface area contributed by atoms with Crippen LogP contribution in [-0.4, -0.2) is 24.7 Å². The first-order valence-electron chi connectivity index (χ1n) is 6.81. The molecule has 4 heteroatoms. The van der Waals surface area contributed by atoms with Gasteiger partial charge >= 0.3 is 0 Å². The quantitative estimate of drug-likeness (QED) is 0.832. The van der Waals surface area contributed by atoms with E-state index < -0.39 is 0 Å². The van der Waals surface area contributed by atoms with Gasteiger partial charge in [-0.15, -0.1) is 11.8 Å². The van der Waals surface area contributed by atoms with Crippen LogP contribution < -0.4 is 11.1 Å². The molecule has 19 heavy (non-hydrogen) atoms. The molecular formula is C15H22N2OS. The molecule has 3 N–H and O–H groups in total. The van der Waals surface area contributed by atoms with Crippen molar-refractivity contribution in [2.75, 3.05) is 12.8 Å². The summed E-state index contributed by atoms with van der Waals surface area (Å²) in [7, 11) is 0. The lowest BCUT2D eigenvalue weighted by molar-refractivity contribution is 0.0928. The van der Waals surface area contributed by atoms with Crippen LogP contribution in [0.25, 0.3) is 0 Å². The number of hydrogen-bond donors (Lipinski definition) is 2. The topological polar surface area (TPSA) is 55.1 Å². The summed E-state index contributed by atoms with van der Waals surface area (Å²) in [5.41, 5.74) is 7.57. The Bertz CT molecular complexity index is 461. The van der Waals surface area contributed by atoms with Crippen LogP contribution in [0.2, 0.25) is 0 Å². The van der Waals surface area contributed by atoms with Crippen LogP contribution in [0.4, 0.5) is 0 Å². The lowest BCUT2D eigenvalue weighted by Gasteiger charge is -2.20. The maximum atomic E-state index is 12.4. The third-order valence-corrected chi connectivity index (χ3v) is 4.69. The van der Waals surface area contributed by atoms with E-state index >= 15 is 0 Å². The van der Waals surface area contributed by atoms with Crippen LogP contribution in [0.5, 0.6) is 0 Å². The number of nitrogens with two attached hydrogens (primary N) is 1. The fourth-order valence-electron chi connectivity index (χ4n) is 2.73. The molecular weight excluding hydrogens is 256 g/mol. The van der Waals surface area contributed by atoms with Crippen molar-refractivity contribution in [1.82, 2.24) is 5.32 Å². The van der Waals surface area contributed by atoms with E-state index in [0.29, 0.717) is 12.5 Å². The van der Waals surface area contributed by atoms with Gasteiger partial charge in [-0.1, -0.05) is 12.5 Å². The molecule has 3 nitrogen and oxygen atoms in total. The van der Waals surface area contributed by atoms with Crippen molar-refractivity contribution in [3.05, 3.63) is 29.3 Å². The molecule has 2 unspecified atom stereocenters. The van der Waals surface area contributed by atoms with Gasteiger partial charge in [0.05, 0.1) is 0 Å². The molecule has 2 rings (SSSR count). The summed E-state index contributed by atoms with van der Waals surface area (Å²) in [5, 5.41) is 3.16. The van der Waals surface area contributed by atoms with Crippen LogP contribution in [0, 0.1) is 12.8 Å². The minimum atomic E-state index is 0.0405. The van der Waals surface area contributed by atoms with Crippen LogP contribution in [0.15, 0.2) is 23.1 Å². The Morgan fingerprint density at radius 2 is 2.26 bits per heavy atom. The molecule has 0 aliphatic heterocycles. The van der Waals surface area contributed by atoms with E-state index in [1.165, 1.54) is 0 Å². The van der Waals surface area contributed by atoms with E-state index in [9.17, 15) is 4.79 Å². The van der Waals surface area contributed by atoms with E-state index in [1.807, 2.05) is 25.3 Å². The van der Waals surface area contributed by atoms with Crippen molar-refractivity contribution >= 4 is 17.7 Å². The monoisotopic (exact) mass is 278 g/mol. The number of nitrogens with one attached hydrogen (secondary N) is 1. The summed E-state index contributed by atoms with van der Waals surface area (Å²) in [6.07, 6.45) is 5.37. The summed E-state index contributed by atoms with van der Waals surface area (Å²) < 4.78 is 0. The van der Waals surface area contributed by atoms with Crippen LogP contribution in [-0.2, 0) is 0 Å². The Kier molecular flexibility index (Phi) is 4.88. The molecule has 1 aliphatic carbocycles. The molecule has 0 saturated heterocycles. The molecule has 0 heterocycles. The van der Waals surface area contributed by atoms with Gasteiger partial charge < -0.3 is 11.1 Å². The normalized spacial score (nSPS) is 22.5. The minimum absolute atomic E-state index is 0.0405. The largest absolute Gasteiger partial charge is 0.349 e. The Balaban J connectivity index is 2.11. The highest BCUT2D eigenvalue weighted by Crippen LogP contribution is 2.25. The molecule has 1 aromatic carbocycles. The summed E-state index contributed by atoms with van der Waals surface area (Å²) in [4.78, 5) is 13.5. The van der Waals surface area contributed by atoms with Gasteiger partial charge in [0.2, 0.25) is 0 Å². The van der Waals surface area contributed by atoms with Gasteiger partial charge in [-0.25, -0.2) is 0 Å². The molecule has 0 aromatic heterocycles. The minimum Gasteiger partial charge on any atom is -0.349 e. The SMILES string of the molecule is CSc1ccc(C)c(C(=O)NC2CCCC2CN)c1. The summed E-state index contributed by atoms with van der Waals surface area (Å²) in [6.45, 7) is 2.64.